The molecular weight excluding hydrogens is 176 g/mol. The van der Waals surface area contributed by atoms with E-state index in [1.54, 1.807) is 12.3 Å². The first-order chi connectivity index (χ1) is 5.54. The van der Waals surface area contributed by atoms with E-state index < -0.39 is 5.97 Å². The molecule has 4 heteroatoms. The number of rotatable bonds is 2. The predicted molar refractivity (Wildman–Crippen MR) is 46.0 cm³/mol. The monoisotopic (exact) mass is 184 g/mol. The largest absolute Gasteiger partial charge is 0.477 e. The van der Waals surface area contributed by atoms with E-state index in [9.17, 15) is 9.59 Å². The fraction of sp³-hybridized carbons (Fsp3) is 0.250. The SMILES string of the molecule is CC(=O)c1csc(C(=O)O)c1C. The molecule has 0 saturated carbocycles. The summed E-state index contributed by atoms with van der Waals surface area (Å²) in [7, 11) is 0. The lowest BCUT2D eigenvalue weighted by Crippen LogP contribution is -1.98. The number of Topliss-reactive ketones (excluding diaryl/α,β-unsaturated/α-hetero) is 1. The van der Waals surface area contributed by atoms with Crippen LogP contribution >= 0.6 is 11.3 Å². The van der Waals surface area contributed by atoms with Crippen molar-refractivity contribution in [2.24, 2.45) is 0 Å². The summed E-state index contributed by atoms with van der Waals surface area (Å²) in [4.78, 5) is 21.7. The van der Waals surface area contributed by atoms with Crippen LogP contribution in [0.25, 0.3) is 0 Å². The van der Waals surface area contributed by atoms with Crippen LogP contribution in [0.4, 0.5) is 0 Å². The smallest absolute Gasteiger partial charge is 0.346 e. The quantitative estimate of drug-likeness (QED) is 0.715. The fourth-order valence-corrected chi connectivity index (χ4v) is 1.94. The molecule has 1 aromatic heterocycles. The Kier molecular flexibility index (Phi) is 2.28. The van der Waals surface area contributed by atoms with Crippen molar-refractivity contribution in [2.75, 3.05) is 0 Å². The number of carboxylic acids is 1. The molecule has 1 N–H and O–H groups in total. The summed E-state index contributed by atoms with van der Waals surface area (Å²) >= 11 is 1.09. The van der Waals surface area contributed by atoms with Crippen LogP contribution in [-0.2, 0) is 0 Å². The summed E-state index contributed by atoms with van der Waals surface area (Å²) < 4.78 is 0. The van der Waals surface area contributed by atoms with Crippen molar-refractivity contribution in [1.82, 2.24) is 0 Å². The van der Waals surface area contributed by atoms with Crippen molar-refractivity contribution in [3.63, 3.8) is 0 Å². The minimum absolute atomic E-state index is 0.0868. The van der Waals surface area contributed by atoms with Crippen LogP contribution in [-0.4, -0.2) is 16.9 Å². The van der Waals surface area contributed by atoms with E-state index in [1.165, 1.54) is 6.92 Å². The van der Waals surface area contributed by atoms with Crippen LogP contribution < -0.4 is 0 Å². The van der Waals surface area contributed by atoms with Crippen molar-refractivity contribution >= 4 is 23.1 Å². The van der Waals surface area contributed by atoms with Gasteiger partial charge in [-0.15, -0.1) is 11.3 Å². The van der Waals surface area contributed by atoms with E-state index in [4.69, 9.17) is 5.11 Å². The van der Waals surface area contributed by atoms with Crippen molar-refractivity contribution in [3.05, 3.63) is 21.4 Å². The molecule has 64 valence electrons. The Hall–Kier alpha value is -1.16. The standard InChI is InChI=1S/C8H8O3S/c1-4-6(5(2)9)3-12-7(4)8(10)11/h3H,1-2H3,(H,10,11). The van der Waals surface area contributed by atoms with Crippen LogP contribution in [0.1, 0.15) is 32.5 Å². The molecule has 0 bridgehead atoms. The molecule has 0 aliphatic rings. The Morgan fingerprint density at radius 2 is 2.08 bits per heavy atom. The molecule has 0 aromatic carbocycles. The highest BCUT2D eigenvalue weighted by Crippen LogP contribution is 2.21. The number of thiophene rings is 1. The number of carbonyl (C=O) groups excluding carboxylic acids is 1. The molecule has 0 aliphatic carbocycles. The highest BCUT2D eigenvalue weighted by atomic mass is 32.1. The normalized spacial score (nSPS) is 9.83. The second-order valence-electron chi connectivity index (χ2n) is 2.46. The zero-order valence-electron chi connectivity index (χ0n) is 6.75. The molecule has 0 saturated heterocycles. The second kappa shape index (κ2) is 3.06. The van der Waals surface area contributed by atoms with E-state index in [-0.39, 0.29) is 10.7 Å². The van der Waals surface area contributed by atoms with Crippen LogP contribution in [0.5, 0.6) is 0 Å². The molecule has 0 radical (unpaired) electrons. The van der Waals surface area contributed by atoms with E-state index in [1.807, 2.05) is 0 Å². The Morgan fingerprint density at radius 3 is 2.33 bits per heavy atom. The maximum Gasteiger partial charge on any atom is 0.346 e. The maximum atomic E-state index is 10.9. The molecule has 3 nitrogen and oxygen atoms in total. The molecule has 0 spiro atoms. The van der Waals surface area contributed by atoms with Crippen molar-refractivity contribution in [1.29, 1.82) is 0 Å². The number of hydrogen-bond acceptors (Lipinski definition) is 3. The maximum absolute atomic E-state index is 10.9. The van der Waals surface area contributed by atoms with Gasteiger partial charge in [-0.1, -0.05) is 0 Å². The van der Waals surface area contributed by atoms with Gasteiger partial charge < -0.3 is 5.11 Å². The number of carbonyl (C=O) groups is 2. The van der Waals surface area contributed by atoms with Crippen LogP contribution in [0.15, 0.2) is 5.38 Å². The number of aromatic carboxylic acids is 1. The topological polar surface area (TPSA) is 54.4 Å². The summed E-state index contributed by atoms with van der Waals surface area (Å²) in [6.45, 7) is 3.08. The number of carboxylic acid groups (broad SMARTS) is 1. The molecule has 1 aromatic rings. The van der Waals surface area contributed by atoms with Gasteiger partial charge in [-0.2, -0.15) is 0 Å². The summed E-state index contributed by atoms with van der Waals surface area (Å²) in [5, 5.41) is 10.2. The van der Waals surface area contributed by atoms with E-state index in [0.29, 0.717) is 11.1 Å². The molecule has 1 rings (SSSR count). The van der Waals surface area contributed by atoms with Gasteiger partial charge in [-0.3, -0.25) is 4.79 Å². The summed E-state index contributed by atoms with van der Waals surface area (Å²) in [6.07, 6.45) is 0. The van der Waals surface area contributed by atoms with Crippen molar-refractivity contribution in [2.45, 2.75) is 13.8 Å². The molecule has 12 heavy (non-hydrogen) atoms. The van der Waals surface area contributed by atoms with E-state index >= 15 is 0 Å². The number of hydrogen-bond donors (Lipinski definition) is 1. The van der Waals surface area contributed by atoms with Gasteiger partial charge in [-0.05, 0) is 19.4 Å². The average molecular weight is 184 g/mol. The third-order valence-electron chi connectivity index (χ3n) is 1.61. The highest BCUT2D eigenvalue weighted by molar-refractivity contribution is 7.12. The van der Waals surface area contributed by atoms with Crippen LogP contribution in [0.3, 0.4) is 0 Å². The Bertz CT molecular complexity index is 307. The zero-order chi connectivity index (χ0) is 9.30. The summed E-state index contributed by atoms with van der Waals surface area (Å²) in [5.41, 5.74) is 1.08. The first kappa shape index (κ1) is 8.93. The molecule has 0 atom stereocenters. The van der Waals surface area contributed by atoms with Gasteiger partial charge in [0.15, 0.2) is 5.78 Å². The molecule has 0 aliphatic heterocycles. The van der Waals surface area contributed by atoms with Gasteiger partial charge in [0.2, 0.25) is 0 Å². The van der Waals surface area contributed by atoms with Gasteiger partial charge >= 0.3 is 5.97 Å². The van der Waals surface area contributed by atoms with Gasteiger partial charge in [-0.25, -0.2) is 4.79 Å². The minimum atomic E-state index is -0.968. The minimum Gasteiger partial charge on any atom is -0.477 e. The first-order valence-electron chi connectivity index (χ1n) is 3.36. The van der Waals surface area contributed by atoms with Gasteiger partial charge in [0.25, 0.3) is 0 Å². The van der Waals surface area contributed by atoms with Gasteiger partial charge in [0.1, 0.15) is 4.88 Å². The lowest BCUT2D eigenvalue weighted by atomic mass is 10.1. The summed E-state index contributed by atoms with van der Waals surface area (Å²) in [5.74, 6) is -1.05. The Labute approximate surface area is 73.6 Å². The molecular formula is C8H8O3S. The van der Waals surface area contributed by atoms with Crippen molar-refractivity contribution in [3.8, 4) is 0 Å². The summed E-state index contributed by atoms with van der Waals surface area (Å²) in [6, 6.07) is 0. The van der Waals surface area contributed by atoms with Crippen molar-refractivity contribution < 1.29 is 14.7 Å². The average Bonchev–Trinajstić information content (AvgIpc) is 2.30. The van der Waals surface area contributed by atoms with E-state index in [2.05, 4.69) is 0 Å². The zero-order valence-corrected chi connectivity index (χ0v) is 7.57. The molecule has 0 amide bonds. The lowest BCUT2D eigenvalue weighted by Gasteiger charge is -1.93. The fourth-order valence-electron chi connectivity index (χ4n) is 0.975. The van der Waals surface area contributed by atoms with Gasteiger partial charge in [0.05, 0.1) is 0 Å². The third-order valence-corrected chi connectivity index (χ3v) is 2.68. The van der Waals surface area contributed by atoms with Gasteiger partial charge in [0, 0.05) is 10.9 Å². The highest BCUT2D eigenvalue weighted by Gasteiger charge is 2.15. The second-order valence-corrected chi connectivity index (χ2v) is 3.34. The number of ketones is 1. The molecule has 1 heterocycles. The van der Waals surface area contributed by atoms with Crippen LogP contribution in [0.2, 0.25) is 0 Å². The Morgan fingerprint density at radius 1 is 1.50 bits per heavy atom. The molecule has 0 unspecified atom stereocenters. The molecule has 0 fully saturated rings. The first-order valence-corrected chi connectivity index (χ1v) is 4.24. The van der Waals surface area contributed by atoms with E-state index in [0.717, 1.165) is 11.3 Å². The van der Waals surface area contributed by atoms with Crippen LogP contribution in [0, 0.1) is 6.92 Å². The Balaban J connectivity index is 3.22. The predicted octanol–water partition coefficient (Wildman–Crippen LogP) is 1.96. The third kappa shape index (κ3) is 1.38. The lowest BCUT2D eigenvalue weighted by molar-refractivity contribution is 0.0701.